The Morgan fingerprint density at radius 1 is 1.02 bits per heavy atom. The number of oxime groups is 1. The highest BCUT2D eigenvalue weighted by Gasteiger charge is 2.54. The standard InChI is InChI=1S/C33H27N5O5S2/c1-2-20-18-44-30-26(29(40)38(30)27(20)31(41)42)36-28(39)25(24-19-45-32(34)35-24)37-43-33(21-12-6-3-7-13-21,22-14-8-4-9-15-22)23-16-10-5-11-17-23/h2-17,19,26,30H,1,18H2,(H2,34,35)(H,36,39)(H,41,42)/b37-25-/t26-,30+/m1/s1. The molecule has 0 spiro atoms. The number of rotatable bonds is 10. The zero-order valence-electron chi connectivity index (χ0n) is 23.7. The van der Waals surface area contributed by atoms with E-state index in [0.717, 1.165) is 28.0 Å². The van der Waals surface area contributed by atoms with Crippen LogP contribution in [-0.2, 0) is 24.8 Å². The first-order valence-corrected chi connectivity index (χ1v) is 15.8. The minimum Gasteiger partial charge on any atom is -0.477 e. The minimum atomic E-state index is -1.28. The van der Waals surface area contributed by atoms with Gasteiger partial charge in [-0.2, -0.15) is 0 Å². The first kappa shape index (κ1) is 29.9. The summed E-state index contributed by atoms with van der Waals surface area (Å²) >= 11 is 2.46. The number of carbonyl (C=O) groups excluding carboxylic acids is 2. The molecule has 2 aliphatic heterocycles. The molecule has 4 N–H and O–H groups in total. The maximum Gasteiger partial charge on any atom is 0.352 e. The van der Waals surface area contributed by atoms with Crippen molar-refractivity contribution < 1.29 is 24.3 Å². The van der Waals surface area contributed by atoms with Gasteiger partial charge in [0.05, 0.1) is 0 Å². The number of fused-ring (bicyclic) bond motifs is 1. The first-order valence-electron chi connectivity index (χ1n) is 13.8. The second kappa shape index (κ2) is 12.4. The van der Waals surface area contributed by atoms with Gasteiger partial charge in [-0.15, -0.1) is 23.1 Å². The SMILES string of the molecule is C=CC1=C(C(=O)O)N2C(=O)[C@@H](NC(=O)/C(=N\OC(c3ccccc3)(c3ccccc3)c3ccccc3)c3csc(N)n3)[C@@H]2SC1. The summed E-state index contributed by atoms with van der Waals surface area (Å²) in [4.78, 5) is 51.1. The van der Waals surface area contributed by atoms with Crippen molar-refractivity contribution in [2.75, 3.05) is 11.5 Å². The van der Waals surface area contributed by atoms with Crippen LogP contribution in [0, 0.1) is 0 Å². The maximum absolute atomic E-state index is 13.9. The van der Waals surface area contributed by atoms with Crippen LogP contribution in [0.4, 0.5) is 5.13 Å². The predicted octanol–water partition coefficient (Wildman–Crippen LogP) is 4.36. The van der Waals surface area contributed by atoms with E-state index in [1.807, 2.05) is 91.0 Å². The van der Waals surface area contributed by atoms with Crippen molar-refractivity contribution in [2.24, 2.45) is 5.16 Å². The average Bonchev–Trinajstić information content (AvgIpc) is 3.51. The third kappa shape index (κ3) is 5.38. The van der Waals surface area contributed by atoms with Gasteiger partial charge in [0.15, 0.2) is 10.8 Å². The van der Waals surface area contributed by atoms with Gasteiger partial charge in [-0.25, -0.2) is 9.78 Å². The Bertz CT molecular complexity index is 1730. The van der Waals surface area contributed by atoms with Gasteiger partial charge < -0.3 is 21.0 Å². The summed E-state index contributed by atoms with van der Waals surface area (Å²) in [6, 6.07) is 27.6. The summed E-state index contributed by atoms with van der Waals surface area (Å²) in [5.41, 5.74) is 7.23. The normalized spacial score (nSPS) is 18.1. The molecule has 10 nitrogen and oxygen atoms in total. The summed E-state index contributed by atoms with van der Waals surface area (Å²) in [5.74, 6) is -2.19. The molecule has 0 radical (unpaired) electrons. The number of carboxylic acids is 1. The van der Waals surface area contributed by atoms with Gasteiger partial charge in [-0.1, -0.05) is 109 Å². The largest absolute Gasteiger partial charge is 0.477 e. The number of anilines is 1. The highest BCUT2D eigenvalue weighted by atomic mass is 32.2. The van der Waals surface area contributed by atoms with Crippen LogP contribution in [0.3, 0.4) is 0 Å². The van der Waals surface area contributed by atoms with Crippen molar-refractivity contribution >= 4 is 51.7 Å². The molecule has 4 aromatic rings. The minimum absolute atomic E-state index is 0.132. The van der Waals surface area contributed by atoms with Crippen molar-refractivity contribution in [2.45, 2.75) is 17.0 Å². The van der Waals surface area contributed by atoms with Crippen molar-refractivity contribution in [3.63, 3.8) is 0 Å². The predicted molar refractivity (Wildman–Crippen MR) is 173 cm³/mol. The number of amides is 2. The molecule has 45 heavy (non-hydrogen) atoms. The molecule has 6 rings (SSSR count). The summed E-state index contributed by atoms with van der Waals surface area (Å²) in [7, 11) is 0. The van der Waals surface area contributed by atoms with Gasteiger partial charge in [0, 0.05) is 27.8 Å². The monoisotopic (exact) mass is 637 g/mol. The third-order valence-corrected chi connectivity index (χ3v) is 9.50. The molecule has 0 bridgehead atoms. The van der Waals surface area contributed by atoms with Crippen LogP contribution < -0.4 is 11.1 Å². The summed E-state index contributed by atoms with van der Waals surface area (Å²) in [6.07, 6.45) is 1.43. The Morgan fingerprint density at radius 3 is 2.04 bits per heavy atom. The number of benzene rings is 3. The lowest BCUT2D eigenvalue weighted by molar-refractivity contribution is -0.150. The Hall–Kier alpha value is -5.20. The van der Waals surface area contributed by atoms with E-state index in [4.69, 9.17) is 10.6 Å². The van der Waals surface area contributed by atoms with Crippen molar-refractivity contribution in [1.29, 1.82) is 0 Å². The van der Waals surface area contributed by atoms with Crippen molar-refractivity contribution in [1.82, 2.24) is 15.2 Å². The van der Waals surface area contributed by atoms with Crippen LogP contribution in [0.5, 0.6) is 0 Å². The fraction of sp³-hybridized carbons (Fsp3) is 0.121. The molecule has 1 aromatic heterocycles. The number of hydrogen-bond acceptors (Lipinski definition) is 9. The molecule has 1 saturated heterocycles. The molecule has 3 heterocycles. The van der Waals surface area contributed by atoms with Gasteiger partial charge in [-0.3, -0.25) is 14.5 Å². The number of hydrogen-bond donors (Lipinski definition) is 3. The van der Waals surface area contributed by atoms with Crippen LogP contribution >= 0.6 is 23.1 Å². The number of aromatic nitrogens is 1. The van der Waals surface area contributed by atoms with Crippen LogP contribution in [0.1, 0.15) is 22.4 Å². The van der Waals surface area contributed by atoms with Crippen molar-refractivity contribution in [3.05, 3.63) is 143 Å². The summed E-state index contributed by atoms with van der Waals surface area (Å²) in [5, 5.41) is 18.2. The number of aliphatic carboxylic acids is 1. The highest BCUT2D eigenvalue weighted by molar-refractivity contribution is 8.00. The number of thioether (sulfide) groups is 1. The highest BCUT2D eigenvalue weighted by Crippen LogP contribution is 2.42. The molecule has 2 amide bonds. The molecular formula is C33H27N5O5S2. The number of thiazole rings is 1. The van der Waals surface area contributed by atoms with Crippen LogP contribution in [-0.4, -0.2) is 55.7 Å². The Morgan fingerprint density at radius 2 is 1.58 bits per heavy atom. The summed E-state index contributed by atoms with van der Waals surface area (Å²) < 4.78 is 0. The molecule has 1 fully saturated rings. The number of nitrogens with zero attached hydrogens (tertiary/aromatic N) is 3. The van der Waals surface area contributed by atoms with E-state index in [1.54, 1.807) is 5.38 Å². The number of allylic oxidation sites excluding steroid dienone is 1. The van der Waals surface area contributed by atoms with Gasteiger partial charge in [0.25, 0.3) is 11.8 Å². The fourth-order valence-electron chi connectivity index (χ4n) is 5.40. The smallest absolute Gasteiger partial charge is 0.352 e. The van der Waals surface area contributed by atoms with Gasteiger partial charge >= 0.3 is 5.97 Å². The Labute approximate surface area is 266 Å². The van der Waals surface area contributed by atoms with Gasteiger partial charge in [-0.05, 0) is 5.57 Å². The van der Waals surface area contributed by atoms with E-state index in [0.29, 0.717) is 11.3 Å². The molecular weight excluding hydrogens is 611 g/mol. The zero-order chi connectivity index (χ0) is 31.6. The molecule has 2 atom stereocenters. The van der Waals surface area contributed by atoms with E-state index in [2.05, 4.69) is 22.0 Å². The second-order valence-corrected chi connectivity index (χ2v) is 12.1. The maximum atomic E-state index is 13.9. The van der Waals surface area contributed by atoms with Crippen LogP contribution in [0.2, 0.25) is 0 Å². The number of carbonyl (C=O) groups is 3. The number of nitrogen functional groups attached to an aromatic ring is 1. The molecule has 3 aromatic carbocycles. The number of nitrogens with one attached hydrogen (secondary N) is 1. The Kier molecular flexibility index (Phi) is 8.24. The van der Waals surface area contributed by atoms with E-state index in [9.17, 15) is 19.5 Å². The van der Waals surface area contributed by atoms with Crippen LogP contribution in [0.25, 0.3) is 0 Å². The molecule has 2 aliphatic rings. The van der Waals surface area contributed by atoms with E-state index >= 15 is 0 Å². The molecule has 0 saturated carbocycles. The van der Waals surface area contributed by atoms with Gasteiger partial charge in [0.2, 0.25) is 5.60 Å². The number of nitrogens with two attached hydrogens (primary N) is 1. The van der Waals surface area contributed by atoms with E-state index in [1.165, 1.54) is 22.7 Å². The topological polar surface area (TPSA) is 147 Å². The third-order valence-electron chi connectivity index (χ3n) is 7.53. The average molecular weight is 638 g/mol. The molecule has 0 unspecified atom stereocenters. The number of β-lactam (4-membered cyclic amide) rings is 1. The van der Waals surface area contributed by atoms with E-state index in [-0.39, 0.29) is 22.2 Å². The van der Waals surface area contributed by atoms with E-state index < -0.39 is 34.8 Å². The number of carboxylic acid groups (broad SMARTS) is 1. The lowest BCUT2D eigenvalue weighted by atomic mass is 9.80. The molecule has 0 aliphatic carbocycles. The zero-order valence-corrected chi connectivity index (χ0v) is 25.3. The van der Waals surface area contributed by atoms with Crippen LogP contribution in [0.15, 0.2) is 125 Å². The Balaban J connectivity index is 1.40. The lowest BCUT2D eigenvalue weighted by Crippen LogP contribution is -2.71. The van der Waals surface area contributed by atoms with Gasteiger partial charge in [0.1, 0.15) is 22.8 Å². The first-order chi connectivity index (χ1) is 21.8. The van der Waals surface area contributed by atoms with Crippen molar-refractivity contribution in [3.8, 4) is 0 Å². The summed E-state index contributed by atoms with van der Waals surface area (Å²) in [6.45, 7) is 3.67. The molecule has 12 heteroatoms. The fourth-order valence-corrected chi connectivity index (χ4v) is 7.29. The lowest BCUT2D eigenvalue weighted by Gasteiger charge is -2.49. The second-order valence-electron chi connectivity index (χ2n) is 10.1. The molecule has 226 valence electrons. The quantitative estimate of drug-likeness (QED) is 0.101.